The first-order chi connectivity index (χ1) is 13.8. The first-order valence-corrected chi connectivity index (χ1v) is 10.7. The van der Waals surface area contributed by atoms with Gasteiger partial charge in [0.2, 0.25) is 10.0 Å². The number of rotatable bonds is 8. The lowest BCUT2D eigenvalue weighted by atomic mass is 10.2. The fourth-order valence-corrected chi connectivity index (χ4v) is 4.03. The van der Waals surface area contributed by atoms with Crippen molar-refractivity contribution in [3.8, 4) is 0 Å². The van der Waals surface area contributed by atoms with Crippen molar-refractivity contribution in [2.75, 3.05) is 23.7 Å². The van der Waals surface area contributed by atoms with Gasteiger partial charge in [0.1, 0.15) is 11.6 Å². The van der Waals surface area contributed by atoms with Crippen molar-refractivity contribution in [2.45, 2.75) is 18.7 Å². The molecule has 0 bridgehead atoms. The summed E-state index contributed by atoms with van der Waals surface area (Å²) in [6.45, 7) is 4.17. The summed E-state index contributed by atoms with van der Waals surface area (Å²) >= 11 is 6.00. The summed E-state index contributed by atoms with van der Waals surface area (Å²) in [5, 5.41) is 14.6. The van der Waals surface area contributed by atoms with E-state index in [1.54, 1.807) is 37.4 Å². The maximum absolute atomic E-state index is 12.4. The van der Waals surface area contributed by atoms with Gasteiger partial charge in [0.25, 0.3) is 0 Å². The minimum Gasteiger partial charge on any atom is -0.367 e. The standard InChI is InChI=1S/C19H21ClN6O2S/c1-13-6-7-17(22-12-13)24-19-9-8-18(25-26-19)21-10-11-23-29(27,28)16-5-3-4-15(20)14(16)2/h3-9,12,23H,10-11H2,1-2H3,(H,21,25)(H,22,24,26). The Bertz CT molecular complexity index is 1070. The minimum atomic E-state index is -3.64. The number of hydrogen-bond donors (Lipinski definition) is 3. The number of aryl methyl sites for hydroxylation is 1. The molecular weight excluding hydrogens is 412 g/mol. The van der Waals surface area contributed by atoms with Crippen LogP contribution in [0.5, 0.6) is 0 Å². The third-order valence-electron chi connectivity index (χ3n) is 4.06. The zero-order valence-electron chi connectivity index (χ0n) is 16.0. The molecule has 0 amide bonds. The molecule has 3 rings (SSSR count). The first kappa shape index (κ1) is 21.0. The van der Waals surface area contributed by atoms with E-state index in [0.717, 1.165) is 5.56 Å². The number of anilines is 3. The van der Waals surface area contributed by atoms with Gasteiger partial charge >= 0.3 is 0 Å². The normalized spacial score (nSPS) is 11.3. The SMILES string of the molecule is Cc1ccc(Nc2ccc(NCCNS(=O)(=O)c3cccc(Cl)c3C)nn2)nc1. The number of halogens is 1. The van der Waals surface area contributed by atoms with Gasteiger partial charge in [-0.25, -0.2) is 18.1 Å². The van der Waals surface area contributed by atoms with E-state index in [-0.39, 0.29) is 11.4 Å². The summed E-state index contributed by atoms with van der Waals surface area (Å²) in [6, 6.07) is 12.1. The van der Waals surface area contributed by atoms with E-state index < -0.39 is 10.0 Å². The third-order valence-corrected chi connectivity index (χ3v) is 6.08. The lowest BCUT2D eigenvalue weighted by molar-refractivity contribution is 0.582. The fraction of sp³-hybridized carbons (Fsp3) is 0.211. The predicted molar refractivity (Wildman–Crippen MR) is 114 cm³/mol. The van der Waals surface area contributed by atoms with Crippen molar-refractivity contribution in [3.63, 3.8) is 0 Å². The number of aromatic nitrogens is 3. The second-order valence-corrected chi connectivity index (χ2v) is 8.48. The van der Waals surface area contributed by atoms with Crippen molar-refractivity contribution >= 4 is 39.1 Å². The fourth-order valence-electron chi connectivity index (χ4n) is 2.50. The molecule has 0 saturated carbocycles. The Morgan fingerprint density at radius 3 is 2.34 bits per heavy atom. The number of benzene rings is 1. The Balaban J connectivity index is 1.50. The topological polar surface area (TPSA) is 109 Å². The Morgan fingerprint density at radius 2 is 1.66 bits per heavy atom. The highest BCUT2D eigenvalue weighted by atomic mass is 35.5. The molecule has 2 aromatic heterocycles. The van der Waals surface area contributed by atoms with Crippen LogP contribution in [0.2, 0.25) is 5.02 Å². The second-order valence-electron chi connectivity index (χ2n) is 6.34. The Labute approximate surface area is 174 Å². The van der Waals surface area contributed by atoms with E-state index in [9.17, 15) is 8.42 Å². The van der Waals surface area contributed by atoms with Crippen LogP contribution in [-0.4, -0.2) is 36.7 Å². The second kappa shape index (κ2) is 9.17. The largest absolute Gasteiger partial charge is 0.367 e. The molecule has 3 aromatic rings. The van der Waals surface area contributed by atoms with Crippen LogP contribution in [0.25, 0.3) is 0 Å². The van der Waals surface area contributed by atoms with Crippen molar-refractivity contribution in [1.82, 2.24) is 19.9 Å². The van der Waals surface area contributed by atoms with Crippen LogP contribution in [0.3, 0.4) is 0 Å². The molecule has 0 aliphatic carbocycles. The summed E-state index contributed by atoms with van der Waals surface area (Å²) in [5.74, 6) is 1.77. The average molecular weight is 433 g/mol. The van der Waals surface area contributed by atoms with Gasteiger partial charge in [-0.3, -0.25) is 0 Å². The summed E-state index contributed by atoms with van der Waals surface area (Å²) < 4.78 is 27.4. The highest BCUT2D eigenvalue weighted by Crippen LogP contribution is 2.22. The molecule has 2 heterocycles. The smallest absolute Gasteiger partial charge is 0.240 e. The Hall–Kier alpha value is -2.75. The van der Waals surface area contributed by atoms with Crippen molar-refractivity contribution in [2.24, 2.45) is 0 Å². The number of nitrogens with one attached hydrogen (secondary N) is 3. The van der Waals surface area contributed by atoms with Crippen LogP contribution in [0, 0.1) is 13.8 Å². The number of pyridine rings is 1. The molecule has 0 radical (unpaired) electrons. The van der Waals surface area contributed by atoms with Gasteiger partial charge in [0.05, 0.1) is 4.90 Å². The van der Waals surface area contributed by atoms with Gasteiger partial charge in [-0.15, -0.1) is 10.2 Å². The highest BCUT2D eigenvalue weighted by molar-refractivity contribution is 7.89. The maximum Gasteiger partial charge on any atom is 0.240 e. The van der Waals surface area contributed by atoms with E-state index in [4.69, 9.17) is 11.6 Å². The Morgan fingerprint density at radius 1 is 0.931 bits per heavy atom. The molecule has 0 fully saturated rings. The summed E-state index contributed by atoms with van der Waals surface area (Å²) in [7, 11) is -3.64. The van der Waals surface area contributed by atoms with Crippen LogP contribution in [-0.2, 0) is 10.0 Å². The molecule has 3 N–H and O–H groups in total. The molecule has 0 atom stereocenters. The number of nitrogens with zero attached hydrogens (tertiary/aromatic N) is 3. The minimum absolute atomic E-state index is 0.171. The molecule has 0 aliphatic rings. The lowest BCUT2D eigenvalue weighted by Gasteiger charge is -2.11. The maximum atomic E-state index is 12.4. The van der Waals surface area contributed by atoms with Gasteiger partial charge in [-0.2, -0.15) is 0 Å². The summed E-state index contributed by atoms with van der Waals surface area (Å²) in [6.07, 6.45) is 1.76. The molecule has 152 valence electrons. The monoisotopic (exact) mass is 432 g/mol. The summed E-state index contributed by atoms with van der Waals surface area (Å²) in [5.41, 5.74) is 1.59. The molecule has 0 unspecified atom stereocenters. The molecule has 1 aromatic carbocycles. The molecule has 0 saturated heterocycles. The van der Waals surface area contributed by atoms with E-state index in [1.807, 2.05) is 19.1 Å². The molecule has 8 nitrogen and oxygen atoms in total. The molecule has 0 aliphatic heterocycles. The van der Waals surface area contributed by atoms with Gasteiger partial charge < -0.3 is 10.6 Å². The van der Waals surface area contributed by atoms with Crippen molar-refractivity contribution < 1.29 is 8.42 Å². The quantitative estimate of drug-likeness (QED) is 0.468. The highest BCUT2D eigenvalue weighted by Gasteiger charge is 2.17. The van der Waals surface area contributed by atoms with Gasteiger partial charge in [0, 0.05) is 24.3 Å². The van der Waals surface area contributed by atoms with Gasteiger partial charge in [0.15, 0.2) is 5.82 Å². The third kappa shape index (κ3) is 5.63. The zero-order chi connectivity index (χ0) is 20.9. The van der Waals surface area contributed by atoms with Gasteiger partial charge in [-0.1, -0.05) is 23.7 Å². The van der Waals surface area contributed by atoms with E-state index in [2.05, 4.69) is 30.5 Å². The van der Waals surface area contributed by atoms with Gasteiger partial charge in [-0.05, 0) is 55.3 Å². The molecule has 0 spiro atoms. The van der Waals surface area contributed by atoms with Crippen LogP contribution < -0.4 is 15.4 Å². The van der Waals surface area contributed by atoms with Crippen molar-refractivity contribution in [3.05, 3.63) is 64.8 Å². The van der Waals surface area contributed by atoms with Crippen LogP contribution in [0.1, 0.15) is 11.1 Å². The predicted octanol–water partition coefficient (Wildman–Crippen LogP) is 3.28. The lowest BCUT2D eigenvalue weighted by Crippen LogP contribution is -2.29. The zero-order valence-corrected chi connectivity index (χ0v) is 17.5. The molecule has 29 heavy (non-hydrogen) atoms. The van der Waals surface area contributed by atoms with Crippen LogP contribution in [0.4, 0.5) is 17.5 Å². The molecule has 10 heteroatoms. The molecular formula is C19H21ClN6O2S. The van der Waals surface area contributed by atoms with E-state index in [1.165, 1.54) is 6.07 Å². The summed E-state index contributed by atoms with van der Waals surface area (Å²) in [4.78, 5) is 4.42. The first-order valence-electron chi connectivity index (χ1n) is 8.87. The average Bonchev–Trinajstić information content (AvgIpc) is 2.70. The number of hydrogen-bond acceptors (Lipinski definition) is 7. The van der Waals surface area contributed by atoms with Crippen molar-refractivity contribution in [1.29, 1.82) is 0 Å². The van der Waals surface area contributed by atoms with Crippen LogP contribution >= 0.6 is 11.6 Å². The van der Waals surface area contributed by atoms with E-state index in [0.29, 0.717) is 34.6 Å². The van der Waals surface area contributed by atoms with Crippen LogP contribution in [0.15, 0.2) is 53.6 Å². The Kier molecular flexibility index (Phi) is 6.63. The number of sulfonamides is 1. The van der Waals surface area contributed by atoms with E-state index >= 15 is 0 Å².